The molecule has 0 saturated carbocycles. The smallest absolute Gasteiger partial charge is 0.333 e. The molecule has 0 unspecified atom stereocenters. The molecule has 0 spiro atoms. The van der Waals surface area contributed by atoms with Crippen LogP contribution in [0.5, 0.6) is 0 Å². The number of anilines is 3. The number of para-hydroxylation sites is 3. The molecule has 3 nitrogen and oxygen atoms in total. The highest BCUT2D eigenvalue weighted by atomic mass is 15.1. The second-order valence-electron chi connectivity index (χ2n) is 16.8. The van der Waals surface area contributed by atoms with Gasteiger partial charge in [-0.1, -0.05) is 146 Å². The standard InChI is InChI=1S/C56H32BN3/c1-3-16-35(17-4-1)58(36-18-5-2-6-19-36)37-31-45-43-25-12-26-44-51-38-20-8-7-14-33(38)28-29-48(51)60(55(43)44)57-46-30-34-15-11-23-41-39-21-9-10-22-40(39)42-24-13-27-47-52(42)53(50(34)41)56(46)59(47)49(32-37)54(45)57/h1-32H. The van der Waals surface area contributed by atoms with E-state index in [1.54, 1.807) is 0 Å². The number of hydrogen-bond acceptors (Lipinski definition) is 1. The quantitative estimate of drug-likeness (QED) is 0.164. The third kappa shape index (κ3) is 3.70. The van der Waals surface area contributed by atoms with Crippen LogP contribution in [0.3, 0.4) is 0 Å². The molecule has 274 valence electrons. The third-order valence-corrected chi connectivity index (χ3v) is 13.9. The topological polar surface area (TPSA) is 13.1 Å². The zero-order valence-electron chi connectivity index (χ0n) is 32.4. The molecule has 0 radical (unpaired) electrons. The molecule has 15 rings (SSSR count). The van der Waals surface area contributed by atoms with Crippen LogP contribution >= 0.6 is 0 Å². The first kappa shape index (κ1) is 31.2. The molecule has 0 N–H and O–H groups in total. The summed E-state index contributed by atoms with van der Waals surface area (Å²) in [6.07, 6.45) is 0. The van der Waals surface area contributed by atoms with Crippen molar-refractivity contribution in [2.75, 3.05) is 4.90 Å². The molecule has 3 aliphatic rings. The Kier molecular flexibility index (Phi) is 5.73. The number of rotatable bonds is 3. The minimum atomic E-state index is -0.0547. The minimum absolute atomic E-state index is 0.0547. The fourth-order valence-electron chi connectivity index (χ4n) is 11.7. The van der Waals surface area contributed by atoms with Gasteiger partial charge in [0.1, 0.15) is 0 Å². The van der Waals surface area contributed by atoms with Gasteiger partial charge in [-0.2, -0.15) is 0 Å². The monoisotopic (exact) mass is 757 g/mol. The molecular weight excluding hydrogens is 725 g/mol. The molecule has 4 heterocycles. The molecule has 1 aliphatic carbocycles. The highest BCUT2D eigenvalue weighted by Gasteiger charge is 2.43. The van der Waals surface area contributed by atoms with E-state index in [1.165, 1.54) is 115 Å². The maximum Gasteiger partial charge on any atom is 0.333 e. The second kappa shape index (κ2) is 11.0. The highest BCUT2D eigenvalue weighted by molar-refractivity contribution is 6.90. The summed E-state index contributed by atoms with van der Waals surface area (Å²) < 4.78 is 5.36. The fourth-order valence-corrected chi connectivity index (χ4v) is 11.7. The Balaban J connectivity index is 1.19. The second-order valence-corrected chi connectivity index (χ2v) is 16.8. The van der Waals surface area contributed by atoms with Crippen molar-refractivity contribution in [3.05, 3.63) is 194 Å². The average Bonchev–Trinajstić information content (AvgIpc) is 3.80. The predicted octanol–water partition coefficient (Wildman–Crippen LogP) is 13.3. The van der Waals surface area contributed by atoms with E-state index < -0.39 is 0 Å². The molecule has 60 heavy (non-hydrogen) atoms. The van der Waals surface area contributed by atoms with E-state index in [0.29, 0.717) is 0 Å². The van der Waals surface area contributed by atoms with Crippen LogP contribution in [0.25, 0.3) is 104 Å². The summed E-state index contributed by atoms with van der Waals surface area (Å²) >= 11 is 0. The van der Waals surface area contributed by atoms with E-state index in [1.807, 2.05) is 0 Å². The predicted molar refractivity (Wildman–Crippen MR) is 254 cm³/mol. The molecule has 12 aromatic rings. The normalized spacial score (nSPS) is 13.0. The van der Waals surface area contributed by atoms with E-state index in [2.05, 4.69) is 208 Å². The van der Waals surface area contributed by atoms with Crippen molar-refractivity contribution < 1.29 is 0 Å². The maximum absolute atomic E-state index is 2.71. The molecule has 0 atom stereocenters. The van der Waals surface area contributed by atoms with Crippen LogP contribution in [0.4, 0.5) is 17.1 Å². The average molecular weight is 758 g/mol. The molecule has 0 fully saturated rings. The van der Waals surface area contributed by atoms with Gasteiger partial charge in [0.2, 0.25) is 0 Å². The van der Waals surface area contributed by atoms with Crippen molar-refractivity contribution in [3.8, 4) is 39.1 Å². The van der Waals surface area contributed by atoms with Crippen molar-refractivity contribution in [3.63, 3.8) is 0 Å². The van der Waals surface area contributed by atoms with Crippen molar-refractivity contribution in [1.82, 2.24) is 9.05 Å². The maximum atomic E-state index is 2.71. The van der Waals surface area contributed by atoms with Gasteiger partial charge in [-0.15, -0.1) is 0 Å². The van der Waals surface area contributed by atoms with Crippen LogP contribution < -0.4 is 15.8 Å². The van der Waals surface area contributed by atoms with Gasteiger partial charge < -0.3 is 13.9 Å². The Hall–Kier alpha value is -7.82. The van der Waals surface area contributed by atoms with Crippen molar-refractivity contribution in [2.45, 2.75) is 0 Å². The summed E-state index contributed by atoms with van der Waals surface area (Å²) in [4.78, 5) is 2.44. The van der Waals surface area contributed by atoms with Crippen molar-refractivity contribution in [1.29, 1.82) is 0 Å². The summed E-state index contributed by atoms with van der Waals surface area (Å²) in [6.45, 7) is -0.0547. The van der Waals surface area contributed by atoms with Crippen LogP contribution in [-0.2, 0) is 0 Å². The van der Waals surface area contributed by atoms with Gasteiger partial charge in [-0.05, 0) is 109 Å². The first-order chi connectivity index (χ1) is 29.8. The zero-order chi connectivity index (χ0) is 38.8. The summed E-state index contributed by atoms with van der Waals surface area (Å²) in [5, 5.41) is 10.5. The Morgan fingerprint density at radius 2 is 1.00 bits per heavy atom. The molecule has 4 heteroatoms. The molecular formula is C56H32BN3. The van der Waals surface area contributed by atoms with Gasteiger partial charge in [0.05, 0.1) is 11.0 Å². The van der Waals surface area contributed by atoms with Gasteiger partial charge in [-0.3, -0.25) is 0 Å². The van der Waals surface area contributed by atoms with Crippen LogP contribution in [0.1, 0.15) is 0 Å². The van der Waals surface area contributed by atoms with Gasteiger partial charge in [-0.25, -0.2) is 0 Å². The lowest BCUT2D eigenvalue weighted by molar-refractivity contribution is 1.17. The SMILES string of the molecule is c1ccc(N(c2ccccc2)c2cc3c4c(c2)-n2c5cccc6c5c5c7c(cccc7cc(c52)B4n2c4ccc5ccccc5c4c4cccc-3c42)-c2ccccc2-6)cc1. The Bertz CT molecular complexity index is 3860. The van der Waals surface area contributed by atoms with Gasteiger partial charge in [0.15, 0.2) is 0 Å². The van der Waals surface area contributed by atoms with E-state index in [-0.39, 0.29) is 6.85 Å². The fraction of sp³-hybridized carbons (Fsp3) is 0. The summed E-state index contributed by atoms with van der Waals surface area (Å²) in [5.41, 5.74) is 20.3. The first-order valence-electron chi connectivity index (χ1n) is 21.0. The summed E-state index contributed by atoms with van der Waals surface area (Å²) in [7, 11) is 0. The Labute approximate surface area is 345 Å². The minimum Gasteiger partial charge on any atom is -0.375 e. The third-order valence-electron chi connectivity index (χ3n) is 13.9. The number of fused-ring (bicyclic) bond motifs is 13. The van der Waals surface area contributed by atoms with Gasteiger partial charge in [0, 0.05) is 60.9 Å². The number of hydrogen-bond donors (Lipinski definition) is 0. The van der Waals surface area contributed by atoms with Crippen molar-refractivity contribution in [2.24, 2.45) is 0 Å². The highest BCUT2D eigenvalue weighted by Crippen LogP contribution is 2.52. The van der Waals surface area contributed by atoms with Crippen LogP contribution in [-0.4, -0.2) is 15.9 Å². The first-order valence-corrected chi connectivity index (χ1v) is 21.0. The zero-order valence-corrected chi connectivity index (χ0v) is 32.4. The van der Waals surface area contributed by atoms with Crippen molar-refractivity contribution >= 4 is 100.0 Å². The lowest BCUT2D eigenvalue weighted by Crippen LogP contribution is -2.55. The molecule has 10 aromatic carbocycles. The largest absolute Gasteiger partial charge is 0.375 e. The van der Waals surface area contributed by atoms with Crippen LogP contribution in [0, 0.1) is 0 Å². The van der Waals surface area contributed by atoms with Gasteiger partial charge in [0.25, 0.3) is 0 Å². The number of benzene rings is 10. The number of nitrogens with zero attached hydrogens (tertiary/aromatic N) is 3. The van der Waals surface area contributed by atoms with E-state index >= 15 is 0 Å². The van der Waals surface area contributed by atoms with Crippen LogP contribution in [0.2, 0.25) is 0 Å². The van der Waals surface area contributed by atoms with Gasteiger partial charge >= 0.3 is 6.85 Å². The Morgan fingerprint density at radius 3 is 1.80 bits per heavy atom. The summed E-state index contributed by atoms with van der Waals surface area (Å²) in [6, 6.07) is 72.8. The molecule has 0 saturated heterocycles. The lowest BCUT2D eigenvalue weighted by atomic mass is 9.45. The summed E-state index contributed by atoms with van der Waals surface area (Å²) in [5.74, 6) is 0. The number of aromatic nitrogens is 2. The molecule has 0 amide bonds. The Morgan fingerprint density at radius 1 is 0.367 bits per heavy atom. The molecule has 0 bridgehead atoms. The molecule has 2 aliphatic heterocycles. The lowest BCUT2D eigenvalue weighted by Gasteiger charge is -2.36. The van der Waals surface area contributed by atoms with E-state index in [4.69, 9.17) is 0 Å². The molecule has 2 aromatic heterocycles. The van der Waals surface area contributed by atoms with E-state index in [9.17, 15) is 0 Å². The van der Waals surface area contributed by atoms with E-state index in [0.717, 1.165) is 17.1 Å². The van der Waals surface area contributed by atoms with Crippen LogP contribution in [0.15, 0.2) is 194 Å².